The number of esters is 3. The predicted octanol–water partition coefficient (Wildman–Crippen LogP) is 13.5. The lowest BCUT2D eigenvalue weighted by atomic mass is 10.1. The number of aliphatic hydroxyl groups is 1. The molecule has 0 bridgehead atoms. The molecule has 0 saturated heterocycles. The first-order chi connectivity index (χ1) is 57.0. The fourth-order valence-corrected chi connectivity index (χ4v) is 23.7. The van der Waals surface area contributed by atoms with Crippen molar-refractivity contribution in [2.45, 2.75) is 84.0 Å². The second-order valence-corrected chi connectivity index (χ2v) is 39.5. The number of carbonyl (C=O) groups is 6. The number of benzene rings is 9. The summed E-state index contributed by atoms with van der Waals surface area (Å²) in [6, 6.07) is 79.6. The second kappa shape index (κ2) is 40.6. The number of carbonyl (C=O) groups excluding carboxylic acids is 5. The molecular formula is C94H93Cl2N5O16Si2. The molecule has 21 nitrogen and oxygen atoms in total. The number of ether oxygens (including phenoxy) is 3. The minimum absolute atomic E-state index is 0.00421. The van der Waals surface area contributed by atoms with Gasteiger partial charge in [0.1, 0.15) is 5.56 Å². The van der Waals surface area contributed by atoms with Gasteiger partial charge in [-0.25, -0.2) is 19.2 Å². The Hall–Kier alpha value is -12.5. The summed E-state index contributed by atoms with van der Waals surface area (Å²) in [4.78, 5) is 117. The van der Waals surface area contributed by atoms with Gasteiger partial charge in [-0.2, -0.15) is 0 Å². The first-order valence-corrected chi connectivity index (χ1v) is 42.9. The first-order valence-electron chi connectivity index (χ1n) is 38.4. The molecule has 12 aromatic rings. The zero-order valence-electron chi connectivity index (χ0n) is 67.4. The summed E-state index contributed by atoms with van der Waals surface area (Å²) in [5, 5.41) is 30.2. The van der Waals surface area contributed by atoms with E-state index in [4.69, 9.17) is 46.3 Å². The molecule has 2 amide bonds. The van der Waals surface area contributed by atoms with E-state index in [1.807, 2.05) is 78.9 Å². The lowest BCUT2D eigenvalue weighted by Gasteiger charge is -2.43. The van der Waals surface area contributed by atoms with Crippen molar-refractivity contribution in [2.75, 3.05) is 19.8 Å². The summed E-state index contributed by atoms with van der Waals surface area (Å²) in [6.07, 6.45) is 5.10. The van der Waals surface area contributed by atoms with Crippen LogP contribution >= 0.6 is 23.2 Å². The van der Waals surface area contributed by atoms with Gasteiger partial charge in [0.25, 0.3) is 45.1 Å². The molecule has 0 fully saturated rings. The van der Waals surface area contributed by atoms with E-state index in [9.17, 15) is 53.4 Å². The maximum absolute atomic E-state index is 14.0. The van der Waals surface area contributed by atoms with E-state index in [0.29, 0.717) is 26.7 Å². The van der Waals surface area contributed by atoms with Gasteiger partial charge in [-0.1, -0.05) is 265 Å². The van der Waals surface area contributed by atoms with Crippen molar-refractivity contribution in [3.8, 4) is 17.2 Å². The third-order valence-electron chi connectivity index (χ3n) is 19.8. The number of aromatic carboxylic acids is 1. The van der Waals surface area contributed by atoms with Crippen LogP contribution in [-0.4, -0.2) is 96.1 Å². The normalized spacial score (nSPS) is 11.4. The molecule has 119 heavy (non-hydrogen) atoms. The van der Waals surface area contributed by atoms with Crippen molar-refractivity contribution >= 4 is 96.3 Å². The van der Waals surface area contributed by atoms with E-state index >= 15 is 0 Å². The van der Waals surface area contributed by atoms with Crippen LogP contribution in [0.1, 0.15) is 132 Å². The van der Waals surface area contributed by atoms with Crippen molar-refractivity contribution < 1.29 is 62.0 Å². The summed E-state index contributed by atoms with van der Waals surface area (Å²) in [7, 11) is -1.19. The zero-order valence-corrected chi connectivity index (χ0v) is 70.9. The Morgan fingerprint density at radius 2 is 0.647 bits per heavy atom. The smallest absolute Gasteiger partial charge is 0.343 e. The first kappa shape index (κ1) is 88.9. The summed E-state index contributed by atoms with van der Waals surface area (Å²) in [5.41, 5.74) is 1.09. The molecule has 0 radical (unpaired) electrons. The number of hydrogen-bond donors (Lipinski definition) is 4. The fourth-order valence-electron chi connectivity index (χ4n) is 14.2. The highest BCUT2D eigenvalue weighted by molar-refractivity contribution is 7.00. The van der Waals surface area contributed by atoms with Gasteiger partial charge in [-0.3, -0.25) is 24.0 Å². The van der Waals surface area contributed by atoms with Crippen LogP contribution in [0.15, 0.2) is 294 Å². The van der Waals surface area contributed by atoms with Crippen molar-refractivity contribution in [2.24, 2.45) is 21.1 Å². The monoisotopic (exact) mass is 1670 g/mol. The number of carboxylic acids is 1. The topological polar surface area (TPSA) is 279 Å². The number of aliphatic hydroxyl groups excluding tert-OH is 1. The van der Waals surface area contributed by atoms with E-state index in [0.717, 1.165) is 31.9 Å². The van der Waals surface area contributed by atoms with Crippen LogP contribution in [0.2, 0.25) is 20.1 Å². The van der Waals surface area contributed by atoms with Crippen molar-refractivity contribution in [1.29, 1.82) is 0 Å². The van der Waals surface area contributed by atoms with E-state index in [-0.39, 0.29) is 107 Å². The van der Waals surface area contributed by atoms with Crippen LogP contribution in [-0.2, 0) is 62.3 Å². The van der Waals surface area contributed by atoms with Crippen molar-refractivity contribution in [1.82, 2.24) is 24.3 Å². The number of nitrogens with zero attached hydrogens (tertiary/aromatic N) is 3. The largest absolute Gasteiger partial charge is 0.478 e. The van der Waals surface area contributed by atoms with E-state index in [1.54, 1.807) is 135 Å². The number of amides is 2. The maximum atomic E-state index is 14.0. The van der Waals surface area contributed by atoms with Gasteiger partial charge in [-0.15, -0.1) is 0 Å². The Morgan fingerprint density at radius 1 is 0.378 bits per heavy atom. The number of aryl methyl sites for hydroxylation is 3. The molecule has 12 rings (SSSR count). The molecule has 0 atom stereocenters. The van der Waals surface area contributed by atoms with Crippen molar-refractivity contribution in [3.63, 3.8) is 0 Å². The van der Waals surface area contributed by atoms with Gasteiger partial charge >= 0.3 is 23.9 Å². The maximum Gasteiger partial charge on any atom is 0.343 e. The van der Waals surface area contributed by atoms with Crippen LogP contribution < -0.4 is 62.3 Å². The molecule has 0 spiro atoms. The lowest BCUT2D eigenvalue weighted by Crippen LogP contribution is -2.66. The van der Waals surface area contributed by atoms with E-state index in [2.05, 4.69) is 101 Å². The summed E-state index contributed by atoms with van der Waals surface area (Å²) in [6.45, 7) is 13.6. The highest BCUT2D eigenvalue weighted by atomic mass is 35.5. The van der Waals surface area contributed by atoms with Crippen LogP contribution in [0.5, 0.6) is 17.2 Å². The van der Waals surface area contributed by atoms with Gasteiger partial charge in [0.2, 0.25) is 17.2 Å². The van der Waals surface area contributed by atoms with Gasteiger partial charge in [-0.05, 0) is 139 Å². The highest BCUT2D eigenvalue weighted by Crippen LogP contribution is 2.39. The standard InChI is InChI=1S/C39H39ClN2O5Si.C32H33NO6Si.C23H21ClN2O5/c1-39(2,3)48(32-19-10-6-11-20-32,33-21-12-7-13-22-33)46-24-23-30-27-42(4)37(44)35(47-38(45)29-16-8-5-9-17-29)34(30)36(43)41-26-28-15-14-18-31(40)25-28;1-32(2,3)40(25-16-10-6-11-17-25,26-18-12-7-13-19-26)38-21-20-24-22-33(4)29(34)28(27(24)30(35)36)39-31(37)23-14-8-5-9-15-23;1-26-14-17(10-11-27)19(21(28)25-13-15-6-5-9-18(24)12-15)20(22(26)29)31-23(30)16-7-3-2-4-8-16/h5-22,25,27H,23-24,26H2,1-4H3,(H,41,43);5-19,22H,20-21H2,1-4H3,(H,35,36);2-9,12,14,27H,10-11,13H2,1H3,(H,25,28). The number of aromatic nitrogens is 3. The molecule has 0 aliphatic carbocycles. The van der Waals surface area contributed by atoms with Crippen LogP contribution in [0.4, 0.5) is 0 Å². The van der Waals surface area contributed by atoms with Gasteiger partial charge < -0.3 is 57.6 Å². The number of carboxylic acid groups (broad SMARTS) is 1. The minimum atomic E-state index is -2.89. The van der Waals surface area contributed by atoms with E-state index < -0.39 is 74.8 Å². The van der Waals surface area contributed by atoms with Crippen LogP contribution in [0, 0.1) is 0 Å². The minimum Gasteiger partial charge on any atom is -0.478 e. The SMILES string of the molecule is Cn1cc(CCO)c(C(=O)NCc2cccc(Cl)c2)c(OC(=O)c2ccccc2)c1=O.Cn1cc(CCO[Si](c2ccccc2)(c2ccccc2)C(C)(C)C)c(C(=O)NCc2cccc(Cl)c2)c(OC(=O)c2ccccc2)c1=O.Cn1cc(CCO[Si](c2ccccc2)(c2ccccc2)C(C)(C)C)c(C(=O)O)c(OC(=O)c2ccccc2)c1=O. The Bertz CT molecular complexity index is 5670. The summed E-state index contributed by atoms with van der Waals surface area (Å²) in [5.74, 6) is -6.04. The fraction of sp³-hybridized carbons (Fsp3) is 0.202. The molecule has 25 heteroatoms. The average Bonchev–Trinajstić information content (AvgIpc) is 0.747. The number of hydrogen-bond acceptors (Lipinski definition) is 15. The van der Waals surface area contributed by atoms with Crippen LogP contribution in [0.3, 0.4) is 0 Å². The average molecular weight is 1680 g/mol. The second-order valence-electron chi connectivity index (χ2n) is 30.0. The zero-order chi connectivity index (χ0) is 85.6. The van der Waals surface area contributed by atoms with Gasteiger partial charge in [0.15, 0.2) is 0 Å². The molecular weight excluding hydrogens is 1580 g/mol. The van der Waals surface area contributed by atoms with E-state index in [1.165, 1.54) is 52.3 Å². The number of halogens is 2. The summed E-state index contributed by atoms with van der Waals surface area (Å²) >= 11 is 12.2. The van der Waals surface area contributed by atoms with Gasteiger partial charge in [0.05, 0.1) is 27.8 Å². The molecule has 0 aliphatic rings. The molecule has 612 valence electrons. The lowest BCUT2D eigenvalue weighted by molar-refractivity contribution is 0.0670. The molecule has 0 saturated carbocycles. The summed E-state index contributed by atoms with van der Waals surface area (Å²) < 4.78 is 34.3. The van der Waals surface area contributed by atoms with Crippen LogP contribution in [0.25, 0.3) is 0 Å². The highest BCUT2D eigenvalue weighted by Gasteiger charge is 2.51. The number of nitrogens with one attached hydrogen (secondary N) is 2. The molecule has 0 unspecified atom stereocenters. The Labute approximate surface area is 702 Å². The molecule has 9 aromatic carbocycles. The Balaban J connectivity index is 0.000000192. The Morgan fingerprint density at radius 3 is 0.916 bits per heavy atom. The third kappa shape index (κ3) is 21.7. The molecule has 4 N–H and O–H groups in total. The van der Waals surface area contributed by atoms with Crippen molar-refractivity contribution in [3.05, 3.63) is 382 Å². The number of pyridine rings is 3. The molecule has 3 heterocycles. The quantitative estimate of drug-likeness (QED) is 0.0275. The third-order valence-corrected chi connectivity index (χ3v) is 30.4. The predicted molar refractivity (Wildman–Crippen MR) is 467 cm³/mol. The molecule has 0 aliphatic heterocycles. The molecule has 3 aromatic heterocycles. The van der Waals surface area contributed by atoms with Gasteiger partial charge in [0, 0.05) is 82.7 Å². The number of rotatable bonds is 27. The Kier molecular flexibility index (Phi) is 30.3.